The average Bonchev–Trinajstić information content (AvgIpc) is 3.09. The van der Waals surface area contributed by atoms with Crippen molar-refractivity contribution in [2.45, 2.75) is 38.5 Å². The fraction of sp³-hybridized carbons (Fsp3) is 0.318. The van der Waals surface area contributed by atoms with Gasteiger partial charge in [-0.25, -0.2) is 0 Å². The summed E-state index contributed by atoms with van der Waals surface area (Å²) in [7, 11) is 1.87. The average molecular weight is 445 g/mol. The number of amides is 1. The predicted octanol–water partition coefficient (Wildman–Crippen LogP) is 5.21. The van der Waals surface area contributed by atoms with E-state index in [1.807, 2.05) is 61.9 Å². The highest BCUT2D eigenvalue weighted by Crippen LogP contribution is 2.28. The first kappa shape index (κ1) is 22.2. The Morgan fingerprint density at radius 3 is 2.77 bits per heavy atom. The second kappa shape index (κ2) is 10.00. The molecule has 0 bridgehead atoms. The summed E-state index contributed by atoms with van der Waals surface area (Å²) in [6, 6.07) is 13.3. The van der Waals surface area contributed by atoms with E-state index in [9.17, 15) is 4.79 Å². The number of rotatable bonds is 8. The molecule has 0 aliphatic heterocycles. The molecule has 30 heavy (non-hydrogen) atoms. The lowest BCUT2D eigenvalue weighted by atomic mass is 10.1. The summed E-state index contributed by atoms with van der Waals surface area (Å²) in [5.74, 6) is 1.60. The Kier molecular flexibility index (Phi) is 7.39. The van der Waals surface area contributed by atoms with E-state index in [0.29, 0.717) is 16.0 Å². The van der Waals surface area contributed by atoms with Crippen LogP contribution in [0.25, 0.3) is 0 Å². The zero-order valence-corrected chi connectivity index (χ0v) is 19.0. The highest BCUT2D eigenvalue weighted by atomic mass is 35.5. The summed E-state index contributed by atoms with van der Waals surface area (Å²) in [5, 5.41) is 12.8. The molecule has 0 saturated heterocycles. The molecule has 1 heterocycles. The van der Waals surface area contributed by atoms with Gasteiger partial charge in [-0.3, -0.25) is 4.79 Å². The maximum absolute atomic E-state index is 12.4. The Hall–Kier alpha value is -2.51. The van der Waals surface area contributed by atoms with E-state index in [1.54, 1.807) is 6.07 Å². The molecule has 3 aromatic rings. The zero-order valence-electron chi connectivity index (χ0n) is 17.5. The fourth-order valence-corrected chi connectivity index (χ4v) is 4.01. The normalized spacial score (nSPS) is 11.9. The Labute approximate surface area is 186 Å². The maximum atomic E-state index is 12.4. The van der Waals surface area contributed by atoms with Gasteiger partial charge < -0.3 is 14.6 Å². The standard InChI is InChI=1S/C22H25ClN4O2S/c1-5-16-8-6-7-9-18(16)24-20(28)13-30-22-26-25-21(27(22)4)15(3)29-19-11-10-17(23)12-14(19)2/h6-12,15H,5,13H2,1-4H3,(H,24,28). The molecule has 0 aliphatic carbocycles. The lowest BCUT2D eigenvalue weighted by Crippen LogP contribution is -2.16. The summed E-state index contributed by atoms with van der Waals surface area (Å²) >= 11 is 7.35. The number of anilines is 1. The van der Waals surface area contributed by atoms with Gasteiger partial charge in [0.1, 0.15) is 5.75 Å². The molecule has 2 aromatic carbocycles. The Morgan fingerprint density at radius 1 is 1.27 bits per heavy atom. The predicted molar refractivity (Wildman–Crippen MR) is 121 cm³/mol. The number of ether oxygens (including phenoxy) is 1. The van der Waals surface area contributed by atoms with Gasteiger partial charge in [-0.1, -0.05) is 48.5 Å². The van der Waals surface area contributed by atoms with Crippen LogP contribution in [0.4, 0.5) is 5.69 Å². The van der Waals surface area contributed by atoms with Crippen LogP contribution in [-0.4, -0.2) is 26.4 Å². The van der Waals surface area contributed by atoms with Crippen molar-refractivity contribution in [3.05, 3.63) is 64.4 Å². The largest absolute Gasteiger partial charge is 0.482 e. The number of halogens is 1. The van der Waals surface area contributed by atoms with Crippen LogP contribution >= 0.6 is 23.4 Å². The third-order valence-corrected chi connectivity index (χ3v) is 5.93. The van der Waals surface area contributed by atoms with Crippen molar-refractivity contribution in [3.63, 3.8) is 0 Å². The van der Waals surface area contributed by atoms with Crippen LogP contribution in [-0.2, 0) is 18.3 Å². The van der Waals surface area contributed by atoms with E-state index < -0.39 is 0 Å². The summed E-state index contributed by atoms with van der Waals surface area (Å²) in [6.07, 6.45) is 0.559. The SMILES string of the molecule is CCc1ccccc1NC(=O)CSc1nnc(C(C)Oc2ccc(Cl)cc2C)n1C. The quantitative estimate of drug-likeness (QED) is 0.483. The molecular formula is C22H25ClN4O2S. The van der Waals surface area contributed by atoms with Gasteiger partial charge in [-0.15, -0.1) is 10.2 Å². The van der Waals surface area contributed by atoms with E-state index in [0.717, 1.165) is 29.0 Å². The fourth-order valence-electron chi connectivity index (χ4n) is 3.06. The molecule has 1 N–H and O–H groups in total. The van der Waals surface area contributed by atoms with E-state index in [1.165, 1.54) is 11.8 Å². The molecule has 1 amide bonds. The first-order valence-electron chi connectivity index (χ1n) is 9.71. The lowest BCUT2D eigenvalue weighted by molar-refractivity contribution is -0.113. The molecule has 3 rings (SSSR count). The van der Waals surface area contributed by atoms with Crippen LogP contribution in [0.3, 0.4) is 0 Å². The van der Waals surface area contributed by atoms with Gasteiger partial charge in [0.15, 0.2) is 17.1 Å². The number of hydrogen-bond donors (Lipinski definition) is 1. The van der Waals surface area contributed by atoms with Gasteiger partial charge in [-0.05, 0) is 55.7 Å². The van der Waals surface area contributed by atoms with Crippen LogP contribution in [0.15, 0.2) is 47.6 Å². The Balaban J connectivity index is 1.61. The third-order valence-electron chi connectivity index (χ3n) is 4.68. The van der Waals surface area contributed by atoms with Crippen molar-refractivity contribution in [1.82, 2.24) is 14.8 Å². The first-order valence-corrected chi connectivity index (χ1v) is 11.1. The molecule has 1 atom stereocenters. The third kappa shape index (κ3) is 5.34. The van der Waals surface area contributed by atoms with Crippen LogP contribution < -0.4 is 10.1 Å². The van der Waals surface area contributed by atoms with Crippen molar-refractivity contribution in [2.75, 3.05) is 11.1 Å². The number of hydrogen-bond acceptors (Lipinski definition) is 5. The Morgan fingerprint density at radius 2 is 2.03 bits per heavy atom. The van der Waals surface area contributed by atoms with Gasteiger partial charge in [0, 0.05) is 17.8 Å². The van der Waals surface area contributed by atoms with E-state index >= 15 is 0 Å². The summed E-state index contributed by atoms with van der Waals surface area (Å²) in [5.41, 5.74) is 2.92. The van der Waals surface area contributed by atoms with E-state index in [4.69, 9.17) is 16.3 Å². The number of thioether (sulfide) groups is 1. The van der Waals surface area contributed by atoms with E-state index in [2.05, 4.69) is 22.4 Å². The van der Waals surface area contributed by atoms with Crippen molar-refractivity contribution in [1.29, 1.82) is 0 Å². The number of nitrogens with one attached hydrogen (secondary N) is 1. The van der Waals surface area contributed by atoms with Gasteiger partial charge in [0.05, 0.1) is 5.75 Å². The molecule has 8 heteroatoms. The molecule has 6 nitrogen and oxygen atoms in total. The highest BCUT2D eigenvalue weighted by molar-refractivity contribution is 7.99. The van der Waals surface area contributed by atoms with Crippen LogP contribution in [0.2, 0.25) is 5.02 Å². The van der Waals surface area contributed by atoms with Crippen LogP contribution in [0, 0.1) is 6.92 Å². The summed E-state index contributed by atoms with van der Waals surface area (Å²) in [6.45, 7) is 5.93. The van der Waals surface area contributed by atoms with E-state index in [-0.39, 0.29) is 17.8 Å². The maximum Gasteiger partial charge on any atom is 0.234 e. The van der Waals surface area contributed by atoms with Gasteiger partial charge in [0.25, 0.3) is 0 Å². The zero-order chi connectivity index (χ0) is 21.7. The topological polar surface area (TPSA) is 69.0 Å². The van der Waals surface area contributed by atoms with Crippen molar-refractivity contribution in [2.24, 2.45) is 7.05 Å². The molecular weight excluding hydrogens is 420 g/mol. The molecule has 1 aromatic heterocycles. The minimum Gasteiger partial charge on any atom is -0.482 e. The minimum atomic E-state index is -0.304. The summed E-state index contributed by atoms with van der Waals surface area (Å²) in [4.78, 5) is 12.4. The smallest absolute Gasteiger partial charge is 0.234 e. The second-order valence-corrected chi connectivity index (χ2v) is 8.30. The number of carbonyl (C=O) groups is 1. The van der Waals surface area contributed by atoms with Crippen molar-refractivity contribution in [3.8, 4) is 5.75 Å². The molecule has 0 aliphatic rings. The molecule has 0 saturated carbocycles. The van der Waals surface area contributed by atoms with Crippen molar-refractivity contribution < 1.29 is 9.53 Å². The lowest BCUT2D eigenvalue weighted by Gasteiger charge is -2.16. The molecule has 158 valence electrons. The molecule has 1 unspecified atom stereocenters. The van der Waals surface area contributed by atoms with Crippen molar-refractivity contribution >= 4 is 35.0 Å². The minimum absolute atomic E-state index is 0.0773. The van der Waals surface area contributed by atoms with Gasteiger partial charge in [-0.2, -0.15) is 0 Å². The molecule has 0 fully saturated rings. The van der Waals surface area contributed by atoms with Gasteiger partial charge in [0.2, 0.25) is 5.91 Å². The first-order chi connectivity index (χ1) is 14.4. The number of para-hydroxylation sites is 1. The second-order valence-electron chi connectivity index (χ2n) is 6.92. The number of carbonyl (C=O) groups excluding carboxylic acids is 1. The monoisotopic (exact) mass is 444 g/mol. The number of aryl methyl sites for hydroxylation is 2. The highest BCUT2D eigenvalue weighted by Gasteiger charge is 2.19. The number of benzene rings is 2. The van der Waals surface area contributed by atoms with Crippen LogP contribution in [0.1, 0.15) is 36.9 Å². The van der Waals surface area contributed by atoms with Crippen LogP contribution in [0.5, 0.6) is 5.75 Å². The molecule has 0 radical (unpaired) electrons. The summed E-state index contributed by atoms with van der Waals surface area (Å²) < 4.78 is 7.89. The Bertz CT molecular complexity index is 1040. The number of aromatic nitrogens is 3. The molecule has 0 spiro atoms. The number of nitrogens with zero attached hydrogens (tertiary/aromatic N) is 3. The van der Waals surface area contributed by atoms with Gasteiger partial charge >= 0.3 is 0 Å².